The lowest BCUT2D eigenvalue weighted by atomic mass is 10.2. The van der Waals surface area contributed by atoms with Gasteiger partial charge in [-0.3, -0.25) is 9.89 Å². The first kappa shape index (κ1) is 21.7. The number of thioether (sulfide) groups is 1. The van der Waals surface area contributed by atoms with Crippen molar-refractivity contribution in [2.24, 2.45) is 0 Å². The van der Waals surface area contributed by atoms with Crippen LogP contribution in [0.4, 0.5) is 5.69 Å². The molecule has 1 heterocycles. The van der Waals surface area contributed by atoms with Gasteiger partial charge in [0.25, 0.3) is 0 Å². The van der Waals surface area contributed by atoms with Gasteiger partial charge in [-0.05, 0) is 49.4 Å². The van der Waals surface area contributed by atoms with Crippen molar-refractivity contribution in [1.82, 2.24) is 15.2 Å². The number of nitrogens with zero attached hydrogens (tertiary/aromatic N) is 2. The Kier molecular flexibility index (Phi) is 7.31. The summed E-state index contributed by atoms with van der Waals surface area (Å²) in [5.74, 6) is 0.588. The Bertz CT molecular complexity index is 1040. The van der Waals surface area contributed by atoms with Crippen LogP contribution >= 0.6 is 23.4 Å². The number of halogens is 1. The van der Waals surface area contributed by atoms with Crippen molar-refractivity contribution in [2.45, 2.75) is 12.1 Å². The van der Waals surface area contributed by atoms with Gasteiger partial charge in [0.15, 0.2) is 5.82 Å². The van der Waals surface area contributed by atoms with E-state index in [0.717, 1.165) is 0 Å². The summed E-state index contributed by atoms with van der Waals surface area (Å²) in [4.78, 5) is 28.2. The molecule has 0 fully saturated rings. The number of ether oxygens (including phenoxy) is 2. The summed E-state index contributed by atoms with van der Waals surface area (Å²) in [7, 11) is 1.56. The molecule has 3 rings (SSSR count). The summed E-state index contributed by atoms with van der Waals surface area (Å²) in [6.07, 6.45) is 0. The third-order valence-corrected chi connectivity index (χ3v) is 4.98. The zero-order chi connectivity index (χ0) is 21.5. The van der Waals surface area contributed by atoms with E-state index < -0.39 is 5.97 Å². The lowest BCUT2D eigenvalue weighted by molar-refractivity contribution is -0.113. The normalized spacial score (nSPS) is 10.5. The van der Waals surface area contributed by atoms with E-state index >= 15 is 0 Å². The maximum absolute atomic E-state index is 12.2. The number of aromatic nitrogens is 3. The minimum atomic E-state index is -0.400. The van der Waals surface area contributed by atoms with Gasteiger partial charge in [-0.15, -0.1) is 5.10 Å². The molecule has 2 aromatic carbocycles. The molecule has 2 N–H and O–H groups in total. The number of benzene rings is 2. The fourth-order valence-electron chi connectivity index (χ4n) is 2.53. The van der Waals surface area contributed by atoms with Gasteiger partial charge in [-0.25, -0.2) is 9.78 Å². The first-order valence-electron chi connectivity index (χ1n) is 8.96. The molecule has 0 aliphatic carbocycles. The average molecular weight is 447 g/mol. The van der Waals surface area contributed by atoms with E-state index in [9.17, 15) is 9.59 Å². The Hall–Kier alpha value is -3.04. The van der Waals surface area contributed by atoms with Crippen LogP contribution in [0.3, 0.4) is 0 Å². The van der Waals surface area contributed by atoms with Gasteiger partial charge in [-0.2, -0.15) is 0 Å². The molecule has 0 aliphatic heterocycles. The zero-order valence-electron chi connectivity index (χ0n) is 16.3. The summed E-state index contributed by atoms with van der Waals surface area (Å²) >= 11 is 7.23. The molecule has 0 spiro atoms. The predicted molar refractivity (Wildman–Crippen MR) is 115 cm³/mol. The largest absolute Gasteiger partial charge is 0.496 e. The van der Waals surface area contributed by atoms with Gasteiger partial charge in [0.05, 0.1) is 30.6 Å². The number of carbonyl (C=O) groups is 2. The lowest BCUT2D eigenvalue weighted by Gasteiger charge is -2.06. The van der Waals surface area contributed by atoms with Crippen LogP contribution in [0.1, 0.15) is 17.3 Å². The molecular formula is C20H19ClN4O4S. The molecule has 0 saturated carbocycles. The van der Waals surface area contributed by atoms with E-state index in [-0.39, 0.29) is 11.7 Å². The molecule has 0 atom stereocenters. The highest BCUT2D eigenvalue weighted by molar-refractivity contribution is 7.99. The van der Waals surface area contributed by atoms with Gasteiger partial charge in [0, 0.05) is 10.7 Å². The van der Waals surface area contributed by atoms with E-state index in [4.69, 9.17) is 21.1 Å². The highest BCUT2D eigenvalue weighted by Gasteiger charge is 2.13. The smallest absolute Gasteiger partial charge is 0.338 e. The molecule has 1 amide bonds. The molecule has 0 unspecified atom stereocenters. The number of esters is 1. The number of aromatic amines is 1. The number of amides is 1. The highest BCUT2D eigenvalue weighted by Crippen LogP contribution is 2.31. The van der Waals surface area contributed by atoms with E-state index in [0.29, 0.717) is 45.2 Å². The predicted octanol–water partition coefficient (Wildman–Crippen LogP) is 4.04. The van der Waals surface area contributed by atoms with Crippen LogP contribution in [-0.2, 0) is 9.53 Å². The van der Waals surface area contributed by atoms with E-state index in [2.05, 4.69) is 20.5 Å². The molecule has 30 heavy (non-hydrogen) atoms. The molecular weight excluding hydrogens is 428 g/mol. The Morgan fingerprint density at radius 1 is 1.20 bits per heavy atom. The van der Waals surface area contributed by atoms with E-state index in [1.165, 1.54) is 11.8 Å². The molecule has 0 saturated heterocycles. The van der Waals surface area contributed by atoms with Crippen molar-refractivity contribution in [2.75, 3.05) is 24.8 Å². The highest BCUT2D eigenvalue weighted by atomic mass is 35.5. The number of hydrogen-bond donors (Lipinski definition) is 2. The number of nitrogens with one attached hydrogen (secondary N) is 2. The summed E-state index contributed by atoms with van der Waals surface area (Å²) in [5.41, 5.74) is 1.68. The first-order valence-corrected chi connectivity index (χ1v) is 10.3. The third-order valence-electron chi connectivity index (χ3n) is 3.89. The van der Waals surface area contributed by atoms with Gasteiger partial charge >= 0.3 is 5.97 Å². The second-order valence-corrected chi connectivity index (χ2v) is 7.32. The average Bonchev–Trinajstić information content (AvgIpc) is 3.22. The quantitative estimate of drug-likeness (QED) is 0.397. The number of H-pyrrole nitrogens is 1. The second-order valence-electron chi connectivity index (χ2n) is 5.95. The molecule has 1 aromatic heterocycles. The van der Waals surface area contributed by atoms with Crippen LogP contribution in [-0.4, -0.2) is 46.5 Å². The van der Waals surface area contributed by atoms with E-state index in [1.54, 1.807) is 56.5 Å². The van der Waals surface area contributed by atoms with Crippen LogP contribution in [0.15, 0.2) is 47.6 Å². The van der Waals surface area contributed by atoms with Crippen molar-refractivity contribution >= 4 is 40.9 Å². The summed E-state index contributed by atoms with van der Waals surface area (Å²) in [6.45, 7) is 2.05. The van der Waals surface area contributed by atoms with Crippen molar-refractivity contribution in [1.29, 1.82) is 0 Å². The molecule has 10 heteroatoms. The number of hydrogen-bond acceptors (Lipinski definition) is 7. The van der Waals surface area contributed by atoms with Crippen molar-refractivity contribution in [3.8, 4) is 17.1 Å². The van der Waals surface area contributed by atoms with Gasteiger partial charge in [0.1, 0.15) is 5.75 Å². The Morgan fingerprint density at radius 3 is 2.67 bits per heavy atom. The Labute approximate surface area is 182 Å². The fraction of sp³-hybridized carbons (Fsp3) is 0.200. The number of carbonyl (C=O) groups excluding carboxylic acids is 2. The van der Waals surface area contributed by atoms with E-state index in [1.807, 2.05) is 0 Å². The summed E-state index contributed by atoms with van der Waals surface area (Å²) in [6, 6.07) is 11.7. The lowest BCUT2D eigenvalue weighted by Crippen LogP contribution is -2.14. The topological polar surface area (TPSA) is 106 Å². The number of anilines is 1. The minimum absolute atomic E-state index is 0.115. The molecule has 3 aromatic rings. The first-order chi connectivity index (χ1) is 14.5. The van der Waals surface area contributed by atoms with Crippen LogP contribution < -0.4 is 10.1 Å². The van der Waals surface area contributed by atoms with Crippen LogP contribution in [0.2, 0.25) is 5.02 Å². The summed E-state index contributed by atoms with van der Waals surface area (Å²) < 4.78 is 10.2. The minimum Gasteiger partial charge on any atom is -0.496 e. The Morgan fingerprint density at radius 2 is 1.97 bits per heavy atom. The Balaban J connectivity index is 1.57. The maximum Gasteiger partial charge on any atom is 0.338 e. The molecule has 8 nitrogen and oxygen atoms in total. The molecule has 0 aliphatic rings. The number of rotatable bonds is 8. The van der Waals surface area contributed by atoms with Gasteiger partial charge in [0.2, 0.25) is 11.1 Å². The zero-order valence-corrected chi connectivity index (χ0v) is 17.8. The van der Waals surface area contributed by atoms with Gasteiger partial charge in [-0.1, -0.05) is 23.4 Å². The summed E-state index contributed by atoms with van der Waals surface area (Å²) in [5, 5.41) is 10.7. The number of methoxy groups -OCH3 is 1. The van der Waals surface area contributed by atoms with Crippen LogP contribution in [0, 0.1) is 0 Å². The van der Waals surface area contributed by atoms with Crippen molar-refractivity contribution in [3.05, 3.63) is 53.1 Å². The third kappa shape index (κ3) is 5.52. The van der Waals surface area contributed by atoms with Crippen molar-refractivity contribution in [3.63, 3.8) is 0 Å². The van der Waals surface area contributed by atoms with Crippen molar-refractivity contribution < 1.29 is 19.1 Å². The fourth-order valence-corrected chi connectivity index (χ4v) is 3.30. The van der Waals surface area contributed by atoms with Crippen LogP contribution in [0.5, 0.6) is 5.75 Å². The van der Waals surface area contributed by atoms with Gasteiger partial charge < -0.3 is 14.8 Å². The molecule has 156 valence electrons. The molecule has 0 radical (unpaired) electrons. The van der Waals surface area contributed by atoms with Crippen LogP contribution in [0.25, 0.3) is 11.4 Å². The molecule has 0 bridgehead atoms. The second kappa shape index (κ2) is 10.1. The SMILES string of the molecule is CCOC(=O)c1ccc(NC(=O)CSc2n[nH]c(-c3cc(Cl)ccc3OC)n2)cc1. The maximum atomic E-state index is 12.2. The monoisotopic (exact) mass is 446 g/mol. The standard InChI is InChI=1S/C20H19ClN4O4S/c1-3-29-19(27)12-4-7-14(8-5-12)22-17(26)11-30-20-23-18(24-25-20)15-10-13(21)6-9-16(15)28-2/h4-10H,3,11H2,1-2H3,(H,22,26)(H,23,24,25).